The lowest BCUT2D eigenvalue weighted by Crippen LogP contribution is -2.49. The summed E-state index contributed by atoms with van der Waals surface area (Å²) in [5.41, 5.74) is -0.0359. The summed E-state index contributed by atoms with van der Waals surface area (Å²) in [6.07, 6.45) is -3.53. The Morgan fingerprint density at radius 3 is 2.43 bits per heavy atom. The first kappa shape index (κ1) is 20.0. The van der Waals surface area contributed by atoms with Crippen LogP contribution in [0.1, 0.15) is 21.7 Å². The van der Waals surface area contributed by atoms with Gasteiger partial charge in [-0.2, -0.15) is 18.3 Å². The van der Waals surface area contributed by atoms with Gasteiger partial charge < -0.3 is 9.64 Å². The molecule has 0 aliphatic carbocycles. The second-order valence-electron chi connectivity index (χ2n) is 6.43. The molecule has 150 valence electrons. The van der Waals surface area contributed by atoms with Crippen molar-refractivity contribution in [2.75, 3.05) is 39.3 Å². The van der Waals surface area contributed by atoms with Crippen LogP contribution < -0.4 is 4.74 Å². The Bertz CT molecular complexity index is 788. The van der Waals surface area contributed by atoms with E-state index in [1.165, 1.54) is 6.07 Å². The number of piperazine rings is 1. The third-order valence-corrected chi connectivity index (χ3v) is 4.39. The minimum absolute atomic E-state index is 0.155. The summed E-state index contributed by atoms with van der Waals surface area (Å²) < 4.78 is 43.2. The molecule has 0 N–H and O–H groups in total. The molecular formula is C18H20F3N5O2. The predicted octanol–water partition coefficient (Wildman–Crippen LogP) is 2.04. The summed E-state index contributed by atoms with van der Waals surface area (Å²) >= 11 is 0. The minimum atomic E-state index is -4.51. The fraction of sp³-hybridized carbons (Fsp3) is 0.444. The van der Waals surface area contributed by atoms with E-state index in [9.17, 15) is 18.0 Å². The number of carbonyl (C=O) groups is 1. The van der Waals surface area contributed by atoms with Crippen molar-refractivity contribution >= 4 is 5.91 Å². The summed E-state index contributed by atoms with van der Waals surface area (Å²) in [6.45, 7) is 5.27. The van der Waals surface area contributed by atoms with Gasteiger partial charge in [-0.15, -0.1) is 5.10 Å². The number of aromatic nitrogens is 3. The van der Waals surface area contributed by atoms with Crippen LogP contribution in [0.4, 0.5) is 13.2 Å². The highest BCUT2D eigenvalue weighted by molar-refractivity contribution is 5.94. The van der Waals surface area contributed by atoms with Crippen LogP contribution in [0.5, 0.6) is 5.88 Å². The van der Waals surface area contributed by atoms with Crippen molar-refractivity contribution < 1.29 is 22.7 Å². The molecule has 2 aromatic rings. The number of amides is 1. The summed E-state index contributed by atoms with van der Waals surface area (Å²) in [6, 6.07) is 5.58. The van der Waals surface area contributed by atoms with E-state index < -0.39 is 11.9 Å². The molecule has 1 amide bonds. The van der Waals surface area contributed by atoms with Crippen LogP contribution in [-0.2, 0) is 6.18 Å². The average molecular weight is 395 g/mol. The van der Waals surface area contributed by atoms with Crippen molar-refractivity contribution in [2.24, 2.45) is 0 Å². The molecule has 1 saturated heterocycles. The van der Waals surface area contributed by atoms with Crippen molar-refractivity contribution in [1.82, 2.24) is 25.0 Å². The van der Waals surface area contributed by atoms with Crippen molar-refractivity contribution in [2.45, 2.75) is 13.1 Å². The smallest absolute Gasteiger partial charge is 0.433 e. The Morgan fingerprint density at radius 1 is 1.11 bits per heavy atom. The van der Waals surface area contributed by atoms with E-state index in [-0.39, 0.29) is 11.5 Å². The number of carbonyl (C=O) groups excluding carboxylic acids is 1. The van der Waals surface area contributed by atoms with Crippen molar-refractivity contribution in [3.8, 4) is 5.88 Å². The van der Waals surface area contributed by atoms with E-state index in [0.29, 0.717) is 45.2 Å². The van der Waals surface area contributed by atoms with Gasteiger partial charge in [0.1, 0.15) is 12.3 Å². The molecule has 2 aromatic heterocycles. The van der Waals surface area contributed by atoms with Gasteiger partial charge in [-0.25, -0.2) is 0 Å². The SMILES string of the molecule is Cc1ccc(OCCN2CCN(C(=O)c3ccc(C(F)(F)F)nc3)CC2)nn1. The molecule has 3 rings (SSSR count). The molecule has 10 heteroatoms. The van der Waals surface area contributed by atoms with E-state index in [0.717, 1.165) is 18.0 Å². The standard InChI is InChI=1S/C18H20F3N5O2/c1-13-2-5-16(24-23-13)28-11-10-25-6-8-26(9-7-25)17(27)14-3-4-15(22-12-14)18(19,20)21/h2-5,12H,6-11H2,1H3. The molecule has 0 aromatic carbocycles. The maximum absolute atomic E-state index is 12.6. The number of hydrogen-bond donors (Lipinski definition) is 0. The van der Waals surface area contributed by atoms with Gasteiger partial charge in [-0.05, 0) is 25.1 Å². The van der Waals surface area contributed by atoms with Gasteiger partial charge in [0.2, 0.25) is 5.88 Å². The fourth-order valence-corrected chi connectivity index (χ4v) is 2.79. The zero-order valence-electron chi connectivity index (χ0n) is 15.3. The molecule has 28 heavy (non-hydrogen) atoms. The predicted molar refractivity (Wildman–Crippen MR) is 93.8 cm³/mol. The molecule has 0 radical (unpaired) electrons. The van der Waals surface area contributed by atoms with Gasteiger partial charge >= 0.3 is 6.18 Å². The topological polar surface area (TPSA) is 71.5 Å². The number of hydrogen-bond acceptors (Lipinski definition) is 6. The Labute approximate surface area is 160 Å². The number of pyridine rings is 1. The van der Waals surface area contributed by atoms with E-state index >= 15 is 0 Å². The molecule has 0 atom stereocenters. The highest BCUT2D eigenvalue weighted by Crippen LogP contribution is 2.27. The van der Waals surface area contributed by atoms with Crippen LogP contribution in [0.2, 0.25) is 0 Å². The van der Waals surface area contributed by atoms with E-state index in [1.54, 1.807) is 11.0 Å². The van der Waals surface area contributed by atoms with Gasteiger partial charge in [0.25, 0.3) is 5.91 Å². The maximum Gasteiger partial charge on any atom is 0.433 e. The second-order valence-corrected chi connectivity index (χ2v) is 6.43. The molecule has 7 nitrogen and oxygen atoms in total. The largest absolute Gasteiger partial charge is 0.475 e. The zero-order chi connectivity index (χ0) is 20.1. The lowest BCUT2D eigenvalue weighted by molar-refractivity contribution is -0.141. The van der Waals surface area contributed by atoms with Crippen LogP contribution in [0.15, 0.2) is 30.5 Å². The van der Waals surface area contributed by atoms with Crippen molar-refractivity contribution in [3.05, 3.63) is 47.4 Å². The maximum atomic E-state index is 12.6. The van der Waals surface area contributed by atoms with Crippen LogP contribution in [-0.4, -0.2) is 70.2 Å². The highest BCUT2D eigenvalue weighted by Gasteiger charge is 2.32. The normalized spacial score (nSPS) is 15.5. The lowest BCUT2D eigenvalue weighted by Gasteiger charge is -2.34. The number of ether oxygens (including phenoxy) is 1. The van der Waals surface area contributed by atoms with Gasteiger partial charge in [-0.3, -0.25) is 14.7 Å². The van der Waals surface area contributed by atoms with Crippen LogP contribution in [0.25, 0.3) is 0 Å². The van der Waals surface area contributed by atoms with Crippen LogP contribution in [0.3, 0.4) is 0 Å². The number of nitrogens with zero attached hydrogens (tertiary/aromatic N) is 5. The fourth-order valence-electron chi connectivity index (χ4n) is 2.79. The lowest BCUT2D eigenvalue weighted by atomic mass is 10.2. The Morgan fingerprint density at radius 2 is 1.86 bits per heavy atom. The molecule has 0 unspecified atom stereocenters. The molecular weight excluding hydrogens is 375 g/mol. The molecule has 1 fully saturated rings. The zero-order valence-corrected chi connectivity index (χ0v) is 15.3. The average Bonchev–Trinajstić information content (AvgIpc) is 2.69. The number of aryl methyl sites for hydroxylation is 1. The number of alkyl halides is 3. The van der Waals surface area contributed by atoms with Crippen molar-refractivity contribution in [3.63, 3.8) is 0 Å². The Balaban J connectivity index is 1.44. The van der Waals surface area contributed by atoms with Crippen LogP contribution in [0, 0.1) is 6.92 Å². The third-order valence-electron chi connectivity index (χ3n) is 4.39. The number of rotatable bonds is 5. The summed E-state index contributed by atoms with van der Waals surface area (Å²) in [5.74, 6) is 0.154. The summed E-state index contributed by atoms with van der Waals surface area (Å²) in [5, 5.41) is 7.85. The second kappa shape index (κ2) is 8.51. The van der Waals surface area contributed by atoms with Crippen molar-refractivity contribution in [1.29, 1.82) is 0 Å². The molecule has 0 spiro atoms. The Hall–Kier alpha value is -2.75. The van der Waals surface area contributed by atoms with Gasteiger partial charge in [0.15, 0.2) is 0 Å². The van der Waals surface area contributed by atoms with E-state index in [2.05, 4.69) is 20.1 Å². The first-order chi connectivity index (χ1) is 13.3. The number of halogens is 3. The van der Waals surface area contributed by atoms with E-state index in [4.69, 9.17) is 4.74 Å². The van der Waals surface area contributed by atoms with Gasteiger partial charge in [-0.1, -0.05) is 0 Å². The molecule has 3 heterocycles. The van der Waals surface area contributed by atoms with Gasteiger partial charge in [0, 0.05) is 45.0 Å². The minimum Gasteiger partial charge on any atom is -0.475 e. The molecule has 1 aliphatic heterocycles. The Kier molecular flexibility index (Phi) is 6.08. The molecule has 0 bridgehead atoms. The van der Waals surface area contributed by atoms with Crippen LogP contribution >= 0.6 is 0 Å². The summed E-state index contributed by atoms with van der Waals surface area (Å²) in [4.78, 5) is 19.6. The highest BCUT2D eigenvalue weighted by atomic mass is 19.4. The molecule has 1 aliphatic rings. The summed E-state index contributed by atoms with van der Waals surface area (Å²) in [7, 11) is 0. The first-order valence-corrected chi connectivity index (χ1v) is 8.81. The third kappa shape index (κ3) is 5.16. The van der Waals surface area contributed by atoms with Gasteiger partial charge in [0.05, 0.1) is 11.3 Å². The molecule has 0 saturated carbocycles. The quantitative estimate of drug-likeness (QED) is 0.772. The first-order valence-electron chi connectivity index (χ1n) is 8.81. The monoisotopic (exact) mass is 395 g/mol. The van der Waals surface area contributed by atoms with E-state index in [1.807, 2.05) is 13.0 Å².